The van der Waals surface area contributed by atoms with E-state index < -0.39 is 0 Å². The Labute approximate surface area is 258 Å². The molecule has 0 saturated carbocycles. The highest BCUT2D eigenvalue weighted by Gasteiger charge is 2.03. The normalized spacial score (nSPS) is 11.2. The van der Waals surface area contributed by atoms with Gasteiger partial charge in [0.25, 0.3) is 0 Å². The predicted octanol–water partition coefficient (Wildman–Crippen LogP) is 4.45. The highest BCUT2D eigenvalue weighted by molar-refractivity contribution is 5.69. The smallest absolute Gasteiger partial charge is 0.305 e. The molecule has 0 fully saturated rings. The van der Waals surface area contributed by atoms with Gasteiger partial charge in [0.1, 0.15) is 19.0 Å². The van der Waals surface area contributed by atoms with Crippen LogP contribution < -0.4 is 10.5 Å². The summed E-state index contributed by atoms with van der Waals surface area (Å²) in [6, 6.07) is 7.38. The van der Waals surface area contributed by atoms with Crippen LogP contribution >= 0.6 is 0 Å². The Balaban J connectivity index is 1.67. The van der Waals surface area contributed by atoms with Crippen LogP contribution in [0.3, 0.4) is 0 Å². The lowest BCUT2D eigenvalue weighted by Gasteiger charge is -2.09. The minimum Gasteiger partial charge on any atom is -0.489 e. The topological polar surface area (TPSA) is 126 Å². The summed E-state index contributed by atoms with van der Waals surface area (Å²) in [4.78, 5) is 11.7. The highest BCUT2D eigenvalue weighted by atomic mass is 16.6. The Morgan fingerprint density at radius 3 is 1.40 bits per heavy atom. The van der Waals surface area contributed by atoms with E-state index in [2.05, 4.69) is 6.92 Å². The van der Waals surface area contributed by atoms with Crippen molar-refractivity contribution in [3.8, 4) is 5.75 Å². The third kappa shape index (κ3) is 27.3. The molecule has 0 aromatic heterocycles. The van der Waals surface area contributed by atoms with Gasteiger partial charge >= 0.3 is 5.97 Å². The fourth-order valence-electron chi connectivity index (χ4n) is 3.76. The van der Waals surface area contributed by atoms with E-state index in [9.17, 15) is 4.79 Å². The molecule has 1 aromatic rings. The number of anilines is 1. The number of unbranched alkanes of at least 4 members (excludes halogenated alkanes) is 6. The molecular formula is C32H57NO10. The van der Waals surface area contributed by atoms with Crippen LogP contribution in [0.2, 0.25) is 0 Å². The number of nitrogen functional groups attached to an aromatic ring is 1. The van der Waals surface area contributed by atoms with Crippen molar-refractivity contribution < 1.29 is 47.4 Å². The lowest BCUT2D eigenvalue weighted by atomic mass is 10.1. The summed E-state index contributed by atoms with van der Waals surface area (Å²) in [7, 11) is 0. The minimum atomic E-state index is -0.140. The Kier molecular flexibility index (Phi) is 28.5. The number of ether oxygens (including phenoxy) is 9. The molecule has 0 saturated heterocycles. The van der Waals surface area contributed by atoms with Gasteiger partial charge in [-0.05, 0) is 18.6 Å². The molecule has 0 unspecified atom stereocenters. The van der Waals surface area contributed by atoms with Gasteiger partial charge in [-0.3, -0.25) is 4.79 Å². The van der Waals surface area contributed by atoms with Gasteiger partial charge in [-0.25, -0.2) is 0 Å². The van der Waals surface area contributed by atoms with Gasteiger partial charge in [0.15, 0.2) is 0 Å². The van der Waals surface area contributed by atoms with E-state index in [0.29, 0.717) is 117 Å². The molecule has 0 atom stereocenters. The van der Waals surface area contributed by atoms with Gasteiger partial charge in [0.05, 0.1) is 98.2 Å². The first-order valence-electron chi connectivity index (χ1n) is 15.9. The maximum Gasteiger partial charge on any atom is 0.305 e. The molecule has 11 nitrogen and oxygen atoms in total. The van der Waals surface area contributed by atoms with Crippen LogP contribution in [0.1, 0.15) is 58.3 Å². The van der Waals surface area contributed by atoms with Crippen molar-refractivity contribution >= 4 is 11.7 Å². The number of carbonyl (C=O) groups is 1. The first-order chi connectivity index (χ1) is 21.2. The Morgan fingerprint density at radius 2 is 0.930 bits per heavy atom. The van der Waals surface area contributed by atoms with Gasteiger partial charge in [0.2, 0.25) is 0 Å². The molecule has 0 aliphatic carbocycles. The molecule has 0 spiro atoms. The molecule has 0 bridgehead atoms. The van der Waals surface area contributed by atoms with Gasteiger partial charge in [-0.15, -0.1) is 0 Å². The third-order valence-electron chi connectivity index (χ3n) is 6.11. The third-order valence-corrected chi connectivity index (χ3v) is 6.11. The van der Waals surface area contributed by atoms with Crippen molar-refractivity contribution in [1.29, 1.82) is 0 Å². The lowest BCUT2D eigenvalue weighted by molar-refractivity contribution is -0.145. The maximum absolute atomic E-state index is 11.7. The number of esters is 1. The minimum absolute atomic E-state index is 0.140. The van der Waals surface area contributed by atoms with E-state index in [1.54, 1.807) is 6.07 Å². The fraction of sp³-hybridized carbons (Fsp3) is 0.781. The molecule has 250 valence electrons. The zero-order chi connectivity index (χ0) is 30.9. The van der Waals surface area contributed by atoms with Crippen LogP contribution in [-0.2, 0) is 42.7 Å². The molecule has 0 radical (unpaired) electrons. The van der Waals surface area contributed by atoms with Crippen LogP contribution in [0.4, 0.5) is 5.69 Å². The van der Waals surface area contributed by atoms with Crippen LogP contribution in [0, 0.1) is 0 Å². The zero-order valence-corrected chi connectivity index (χ0v) is 26.4. The zero-order valence-electron chi connectivity index (χ0n) is 26.4. The van der Waals surface area contributed by atoms with Gasteiger partial charge in [-0.1, -0.05) is 57.6 Å². The number of hydrogen-bond donors (Lipinski definition) is 1. The molecule has 0 heterocycles. The summed E-state index contributed by atoms with van der Waals surface area (Å²) in [6.07, 6.45) is 8.81. The highest BCUT2D eigenvalue weighted by Crippen LogP contribution is 2.19. The summed E-state index contributed by atoms with van der Waals surface area (Å²) >= 11 is 0. The Bertz CT molecular complexity index is 740. The molecule has 1 aromatic carbocycles. The lowest BCUT2D eigenvalue weighted by Crippen LogP contribution is -2.15. The molecule has 0 aliphatic heterocycles. The number of para-hydroxylation sites is 2. The van der Waals surface area contributed by atoms with Crippen molar-refractivity contribution in [1.82, 2.24) is 0 Å². The van der Waals surface area contributed by atoms with Crippen molar-refractivity contribution in [2.75, 3.05) is 111 Å². The van der Waals surface area contributed by atoms with E-state index in [1.165, 1.54) is 32.1 Å². The Hall–Kier alpha value is -1.99. The van der Waals surface area contributed by atoms with Crippen molar-refractivity contribution in [3.05, 3.63) is 24.3 Å². The second-order valence-electron chi connectivity index (χ2n) is 9.76. The molecule has 11 heteroatoms. The standard InChI is InChI=1S/C32H57NO10/c1-2-3-4-5-6-7-8-13-32(34)43-29-27-41-25-23-39-21-19-37-17-15-35-14-16-36-18-20-38-22-24-40-26-28-42-31-12-10-9-11-30(31)33/h9-12H,2-8,13-29,33H2,1H3. The molecule has 43 heavy (non-hydrogen) atoms. The average molecular weight is 616 g/mol. The van der Waals surface area contributed by atoms with Crippen molar-refractivity contribution in [2.24, 2.45) is 0 Å². The van der Waals surface area contributed by atoms with Crippen LogP contribution in [-0.4, -0.2) is 112 Å². The predicted molar refractivity (Wildman–Crippen MR) is 166 cm³/mol. The van der Waals surface area contributed by atoms with E-state index in [1.807, 2.05) is 18.2 Å². The summed E-state index contributed by atoms with van der Waals surface area (Å²) in [5.41, 5.74) is 6.43. The van der Waals surface area contributed by atoms with E-state index in [-0.39, 0.29) is 12.6 Å². The van der Waals surface area contributed by atoms with Gasteiger partial charge in [0, 0.05) is 6.42 Å². The van der Waals surface area contributed by atoms with E-state index in [4.69, 9.17) is 48.4 Å². The van der Waals surface area contributed by atoms with Crippen molar-refractivity contribution in [3.63, 3.8) is 0 Å². The van der Waals surface area contributed by atoms with Crippen LogP contribution in [0.5, 0.6) is 5.75 Å². The molecule has 1 rings (SSSR count). The quantitative estimate of drug-likeness (QED) is 0.0685. The molecule has 2 N–H and O–H groups in total. The summed E-state index contributed by atoms with van der Waals surface area (Å²) in [5.74, 6) is 0.528. The first kappa shape index (κ1) is 39.0. The summed E-state index contributed by atoms with van der Waals surface area (Å²) in [6.45, 7) is 9.69. The molecular weight excluding hydrogens is 558 g/mol. The van der Waals surface area contributed by atoms with E-state index in [0.717, 1.165) is 12.8 Å². The SMILES string of the molecule is CCCCCCCCCC(=O)OCCOCCOCCOCCOCCOCCOCCOCCOc1ccccc1N. The first-order valence-corrected chi connectivity index (χ1v) is 15.9. The summed E-state index contributed by atoms with van der Waals surface area (Å²) < 4.78 is 49.0. The van der Waals surface area contributed by atoms with Gasteiger partial charge in [-0.2, -0.15) is 0 Å². The molecule has 0 amide bonds. The summed E-state index contributed by atoms with van der Waals surface area (Å²) in [5, 5.41) is 0. The number of rotatable bonds is 33. The monoisotopic (exact) mass is 615 g/mol. The number of nitrogens with two attached hydrogens (primary N) is 1. The van der Waals surface area contributed by atoms with E-state index >= 15 is 0 Å². The number of carbonyl (C=O) groups excluding carboxylic acids is 1. The average Bonchev–Trinajstić information content (AvgIpc) is 3.01. The van der Waals surface area contributed by atoms with Crippen LogP contribution in [0.25, 0.3) is 0 Å². The number of hydrogen-bond acceptors (Lipinski definition) is 11. The second kappa shape index (κ2) is 31.4. The second-order valence-corrected chi connectivity index (χ2v) is 9.76. The maximum atomic E-state index is 11.7. The number of benzene rings is 1. The largest absolute Gasteiger partial charge is 0.489 e. The van der Waals surface area contributed by atoms with Crippen molar-refractivity contribution in [2.45, 2.75) is 58.3 Å². The van der Waals surface area contributed by atoms with Gasteiger partial charge < -0.3 is 48.4 Å². The molecule has 0 aliphatic rings. The van der Waals surface area contributed by atoms with Crippen LogP contribution in [0.15, 0.2) is 24.3 Å². The Morgan fingerprint density at radius 1 is 0.535 bits per heavy atom. The fourth-order valence-corrected chi connectivity index (χ4v) is 3.76.